The van der Waals surface area contributed by atoms with E-state index in [0.29, 0.717) is 13.0 Å². The zero-order chi connectivity index (χ0) is 12.1. The van der Waals surface area contributed by atoms with Crippen LogP contribution in [0.15, 0.2) is 18.2 Å². The van der Waals surface area contributed by atoms with Crippen LogP contribution in [0.1, 0.15) is 18.9 Å². The maximum atomic E-state index is 13.2. The monoisotopic (exact) mass is 245 g/mol. The number of aliphatic hydroxyl groups is 1. The first-order valence-electron chi connectivity index (χ1n) is 5.29. The zero-order valence-electron chi connectivity index (χ0n) is 9.58. The molecule has 1 atom stereocenters. The normalized spacial score (nSPS) is 13.1. The summed E-state index contributed by atoms with van der Waals surface area (Å²) in [5.74, 6) is -0.386. The van der Waals surface area contributed by atoms with E-state index in [0.717, 1.165) is 12.1 Å². The minimum atomic E-state index is -0.386. The van der Waals surface area contributed by atoms with Crippen molar-refractivity contribution in [1.82, 2.24) is 4.90 Å². The number of benzene rings is 1. The van der Waals surface area contributed by atoms with Crippen LogP contribution in [-0.4, -0.2) is 29.7 Å². The molecule has 0 aromatic heterocycles. The SMILES string of the molecule is CC(O)CCN(C)Cc1ccc(Cl)c(F)c1. The molecule has 0 spiro atoms. The molecular weight excluding hydrogens is 229 g/mol. The lowest BCUT2D eigenvalue weighted by molar-refractivity contribution is 0.163. The molecule has 0 aliphatic heterocycles. The lowest BCUT2D eigenvalue weighted by atomic mass is 10.2. The van der Waals surface area contributed by atoms with Crippen molar-refractivity contribution in [1.29, 1.82) is 0 Å². The summed E-state index contributed by atoms with van der Waals surface area (Å²) in [6.45, 7) is 3.19. The lowest BCUT2D eigenvalue weighted by Crippen LogP contribution is -2.22. The smallest absolute Gasteiger partial charge is 0.142 e. The van der Waals surface area contributed by atoms with Gasteiger partial charge in [0.05, 0.1) is 11.1 Å². The van der Waals surface area contributed by atoms with Gasteiger partial charge in [-0.15, -0.1) is 0 Å². The largest absolute Gasteiger partial charge is 0.393 e. The Morgan fingerprint density at radius 1 is 1.50 bits per heavy atom. The summed E-state index contributed by atoms with van der Waals surface area (Å²) in [6, 6.07) is 4.82. The van der Waals surface area contributed by atoms with E-state index in [4.69, 9.17) is 16.7 Å². The number of aliphatic hydroxyl groups excluding tert-OH is 1. The van der Waals surface area contributed by atoms with Crippen LogP contribution in [0.4, 0.5) is 4.39 Å². The molecule has 1 rings (SSSR count). The first-order valence-corrected chi connectivity index (χ1v) is 5.67. The standard InChI is InChI=1S/C12H17ClFNO/c1-9(16)5-6-15(2)8-10-3-4-11(13)12(14)7-10/h3-4,7,9,16H,5-6,8H2,1-2H3. The molecule has 1 aromatic rings. The van der Waals surface area contributed by atoms with E-state index in [1.807, 2.05) is 18.0 Å². The molecule has 0 fully saturated rings. The number of nitrogens with zero attached hydrogens (tertiary/aromatic N) is 1. The Morgan fingerprint density at radius 2 is 2.19 bits per heavy atom. The summed E-state index contributed by atoms with van der Waals surface area (Å²) in [5, 5.41) is 9.29. The molecule has 0 amide bonds. The summed E-state index contributed by atoms with van der Waals surface area (Å²) >= 11 is 5.60. The van der Waals surface area contributed by atoms with Gasteiger partial charge in [0.2, 0.25) is 0 Å². The minimum Gasteiger partial charge on any atom is -0.393 e. The predicted molar refractivity (Wildman–Crippen MR) is 64.0 cm³/mol. The Balaban J connectivity index is 2.49. The maximum absolute atomic E-state index is 13.2. The van der Waals surface area contributed by atoms with Gasteiger partial charge in [0, 0.05) is 13.1 Å². The van der Waals surface area contributed by atoms with Crippen LogP contribution < -0.4 is 0 Å². The molecule has 0 bridgehead atoms. The maximum Gasteiger partial charge on any atom is 0.142 e. The third-order valence-electron chi connectivity index (χ3n) is 2.37. The third-order valence-corrected chi connectivity index (χ3v) is 2.67. The van der Waals surface area contributed by atoms with Crippen LogP contribution in [0, 0.1) is 5.82 Å². The molecule has 0 aliphatic rings. The van der Waals surface area contributed by atoms with Crippen LogP contribution in [0.3, 0.4) is 0 Å². The topological polar surface area (TPSA) is 23.5 Å². The van der Waals surface area contributed by atoms with E-state index >= 15 is 0 Å². The van der Waals surface area contributed by atoms with Crippen molar-refractivity contribution in [3.8, 4) is 0 Å². The molecule has 1 aromatic carbocycles. The molecule has 4 heteroatoms. The van der Waals surface area contributed by atoms with E-state index in [1.165, 1.54) is 6.07 Å². The first kappa shape index (κ1) is 13.4. The van der Waals surface area contributed by atoms with Crippen molar-refractivity contribution in [2.75, 3.05) is 13.6 Å². The van der Waals surface area contributed by atoms with E-state index in [2.05, 4.69) is 0 Å². The van der Waals surface area contributed by atoms with Gasteiger partial charge >= 0.3 is 0 Å². The van der Waals surface area contributed by atoms with Gasteiger partial charge in [0.15, 0.2) is 0 Å². The number of halogens is 2. The number of hydrogen-bond acceptors (Lipinski definition) is 2. The van der Waals surface area contributed by atoms with Gasteiger partial charge in [0.25, 0.3) is 0 Å². The van der Waals surface area contributed by atoms with Gasteiger partial charge in [-0.2, -0.15) is 0 Å². The van der Waals surface area contributed by atoms with Gasteiger partial charge < -0.3 is 10.0 Å². The summed E-state index contributed by atoms with van der Waals surface area (Å²) < 4.78 is 13.2. The summed E-state index contributed by atoms with van der Waals surface area (Å²) in [7, 11) is 1.94. The second-order valence-corrected chi connectivity index (χ2v) is 4.53. The predicted octanol–water partition coefficient (Wildman–Crippen LogP) is 2.68. The average Bonchev–Trinajstić information content (AvgIpc) is 2.21. The molecule has 0 saturated heterocycles. The van der Waals surface area contributed by atoms with E-state index in [1.54, 1.807) is 13.0 Å². The minimum absolute atomic E-state index is 0.149. The molecule has 0 radical (unpaired) electrons. The highest BCUT2D eigenvalue weighted by atomic mass is 35.5. The Kier molecular flexibility index (Phi) is 5.19. The van der Waals surface area contributed by atoms with Gasteiger partial charge in [0.1, 0.15) is 5.82 Å². The molecule has 0 aliphatic carbocycles. The Hall–Kier alpha value is -0.640. The van der Waals surface area contributed by atoms with E-state index < -0.39 is 0 Å². The van der Waals surface area contributed by atoms with Crippen molar-refractivity contribution >= 4 is 11.6 Å². The fraction of sp³-hybridized carbons (Fsp3) is 0.500. The molecule has 2 nitrogen and oxygen atoms in total. The van der Waals surface area contributed by atoms with Gasteiger partial charge in [-0.05, 0) is 38.1 Å². The van der Waals surface area contributed by atoms with Crippen molar-refractivity contribution in [3.05, 3.63) is 34.6 Å². The molecule has 1 unspecified atom stereocenters. The molecular formula is C12H17ClFNO. The van der Waals surface area contributed by atoms with Crippen LogP contribution in [-0.2, 0) is 6.54 Å². The van der Waals surface area contributed by atoms with Gasteiger partial charge in [-0.1, -0.05) is 17.7 Å². The Bertz CT molecular complexity index is 344. The van der Waals surface area contributed by atoms with E-state index in [9.17, 15) is 4.39 Å². The quantitative estimate of drug-likeness (QED) is 0.862. The average molecular weight is 246 g/mol. The van der Waals surface area contributed by atoms with E-state index in [-0.39, 0.29) is 16.9 Å². The first-order chi connectivity index (χ1) is 7.49. The summed E-state index contributed by atoms with van der Waals surface area (Å²) in [5.41, 5.74) is 0.884. The number of hydrogen-bond donors (Lipinski definition) is 1. The fourth-order valence-corrected chi connectivity index (χ4v) is 1.55. The number of rotatable bonds is 5. The summed E-state index contributed by atoms with van der Waals surface area (Å²) in [4.78, 5) is 2.04. The Morgan fingerprint density at radius 3 is 2.75 bits per heavy atom. The third kappa shape index (κ3) is 4.47. The lowest BCUT2D eigenvalue weighted by Gasteiger charge is -2.17. The highest BCUT2D eigenvalue weighted by molar-refractivity contribution is 6.30. The fourth-order valence-electron chi connectivity index (χ4n) is 1.44. The second-order valence-electron chi connectivity index (χ2n) is 4.12. The highest BCUT2D eigenvalue weighted by Crippen LogP contribution is 2.16. The highest BCUT2D eigenvalue weighted by Gasteiger charge is 2.05. The van der Waals surface area contributed by atoms with Crippen molar-refractivity contribution in [2.45, 2.75) is 26.0 Å². The van der Waals surface area contributed by atoms with Crippen LogP contribution in [0.2, 0.25) is 5.02 Å². The molecule has 16 heavy (non-hydrogen) atoms. The van der Waals surface area contributed by atoms with Crippen molar-refractivity contribution < 1.29 is 9.50 Å². The molecule has 0 saturated carbocycles. The molecule has 1 N–H and O–H groups in total. The summed E-state index contributed by atoms with van der Waals surface area (Å²) in [6.07, 6.45) is 0.413. The van der Waals surface area contributed by atoms with Crippen molar-refractivity contribution in [2.24, 2.45) is 0 Å². The second kappa shape index (κ2) is 6.18. The molecule has 90 valence electrons. The van der Waals surface area contributed by atoms with Crippen LogP contribution in [0.25, 0.3) is 0 Å². The van der Waals surface area contributed by atoms with Gasteiger partial charge in [-0.25, -0.2) is 4.39 Å². The van der Waals surface area contributed by atoms with Crippen molar-refractivity contribution in [3.63, 3.8) is 0 Å². The zero-order valence-corrected chi connectivity index (χ0v) is 10.3. The van der Waals surface area contributed by atoms with Gasteiger partial charge in [-0.3, -0.25) is 0 Å². The van der Waals surface area contributed by atoms with Crippen LogP contribution >= 0.6 is 11.6 Å². The molecule has 0 heterocycles. The van der Waals surface area contributed by atoms with Crippen LogP contribution in [0.5, 0.6) is 0 Å². The Labute approximate surface area is 101 Å².